The number of anilines is 1. The molecule has 0 bridgehead atoms. The maximum absolute atomic E-state index is 10.6. The molecular formula is C12H12N4O2. The largest absolute Gasteiger partial charge is 0.364 e. The molecule has 0 saturated heterocycles. The lowest BCUT2D eigenvalue weighted by Gasteiger charge is -2.05. The average molecular weight is 244 g/mol. The minimum Gasteiger partial charge on any atom is -0.364 e. The molecule has 0 unspecified atom stereocenters. The second-order valence-corrected chi connectivity index (χ2v) is 3.73. The van der Waals surface area contributed by atoms with Gasteiger partial charge in [-0.05, 0) is 25.1 Å². The van der Waals surface area contributed by atoms with Gasteiger partial charge in [0, 0.05) is 12.3 Å². The van der Waals surface area contributed by atoms with E-state index in [-0.39, 0.29) is 5.69 Å². The van der Waals surface area contributed by atoms with Gasteiger partial charge in [-0.2, -0.15) is 0 Å². The standard InChI is InChI=1S/C12H12N4O2/c1-9-11(16(17)18)5-6-12(15-9)14-8-10-4-2-3-7-13-10/h2-7H,8H2,1H3,(H,14,15). The van der Waals surface area contributed by atoms with Gasteiger partial charge in [-0.3, -0.25) is 15.1 Å². The number of rotatable bonds is 4. The average Bonchev–Trinajstić information content (AvgIpc) is 2.37. The van der Waals surface area contributed by atoms with E-state index in [1.165, 1.54) is 6.07 Å². The number of aromatic nitrogens is 2. The van der Waals surface area contributed by atoms with Gasteiger partial charge in [-0.15, -0.1) is 0 Å². The van der Waals surface area contributed by atoms with E-state index < -0.39 is 4.92 Å². The summed E-state index contributed by atoms with van der Waals surface area (Å²) in [5.41, 5.74) is 1.31. The Labute approximate surface area is 104 Å². The summed E-state index contributed by atoms with van der Waals surface area (Å²) in [6, 6.07) is 8.68. The monoisotopic (exact) mass is 244 g/mol. The maximum Gasteiger partial charge on any atom is 0.290 e. The molecule has 1 N–H and O–H groups in total. The van der Waals surface area contributed by atoms with Crippen molar-refractivity contribution >= 4 is 11.5 Å². The van der Waals surface area contributed by atoms with Gasteiger partial charge in [-0.25, -0.2) is 4.98 Å². The van der Waals surface area contributed by atoms with Crippen LogP contribution in [0.1, 0.15) is 11.4 Å². The highest BCUT2D eigenvalue weighted by Gasteiger charge is 2.11. The fraction of sp³-hybridized carbons (Fsp3) is 0.167. The van der Waals surface area contributed by atoms with Crippen LogP contribution in [0.15, 0.2) is 36.5 Å². The highest BCUT2D eigenvalue weighted by molar-refractivity contribution is 5.44. The number of nitro groups is 1. The molecule has 6 nitrogen and oxygen atoms in total. The molecule has 2 rings (SSSR count). The van der Waals surface area contributed by atoms with Gasteiger partial charge < -0.3 is 5.32 Å². The SMILES string of the molecule is Cc1nc(NCc2ccccn2)ccc1[N+](=O)[O-]. The third kappa shape index (κ3) is 2.79. The molecule has 0 fully saturated rings. The van der Waals surface area contributed by atoms with E-state index in [1.807, 2.05) is 18.2 Å². The molecule has 2 heterocycles. The van der Waals surface area contributed by atoms with Crippen LogP contribution in [0, 0.1) is 17.0 Å². The first kappa shape index (κ1) is 12.0. The Morgan fingerprint density at radius 1 is 1.33 bits per heavy atom. The number of hydrogen-bond acceptors (Lipinski definition) is 5. The summed E-state index contributed by atoms with van der Waals surface area (Å²) < 4.78 is 0. The van der Waals surface area contributed by atoms with E-state index >= 15 is 0 Å². The molecular weight excluding hydrogens is 232 g/mol. The highest BCUT2D eigenvalue weighted by Crippen LogP contribution is 2.17. The maximum atomic E-state index is 10.6. The smallest absolute Gasteiger partial charge is 0.290 e. The Hall–Kier alpha value is -2.50. The Kier molecular flexibility index (Phi) is 3.47. The molecule has 0 aliphatic carbocycles. The summed E-state index contributed by atoms with van der Waals surface area (Å²) in [4.78, 5) is 18.5. The van der Waals surface area contributed by atoms with Crippen molar-refractivity contribution in [2.24, 2.45) is 0 Å². The molecule has 0 amide bonds. The molecule has 0 aromatic carbocycles. The Morgan fingerprint density at radius 3 is 2.78 bits per heavy atom. The van der Waals surface area contributed by atoms with Crippen molar-refractivity contribution in [3.63, 3.8) is 0 Å². The Balaban J connectivity index is 2.07. The van der Waals surface area contributed by atoms with Crippen LogP contribution in [0.4, 0.5) is 11.5 Å². The minimum absolute atomic E-state index is 0.0263. The molecule has 0 atom stereocenters. The second kappa shape index (κ2) is 5.22. The Bertz CT molecular complexity index is 557. The lowest BCUT2D eigenvalue weighted by atomic mass is 10.3. The summed E-state index contributed by atoms with van der Waals surface area (Å²) in [6.07, 6.45) is 1.71. The number of pyridine rings is 2. The third-order valence-electron chi connectivity index (χ3n) is 2.43. The zero-order valence-corrected chi connectivity index (χ0v) is 9.83. The topological polar surface area (TPSA) is 81.0 Å². The van der Waals surface area contributed by atoms with Gasteiger partial charge in [0.2, 0.25) is 0 Å². The van der Waals surface area contributed by atoms with E-state index in [9.17, 15) is 10.1 Å². The van der Waals surface area contributed by atoms with Crippen molar-refractivity contribution in [1.29, 1.82) is 0 Å². The van der Waals surface area contributed by atoms with Crippen molar-refractivity contribution < 1.29 is 4.92 Å². The highest BCUT2D eigenvalue weighted by atomic mass is 16.6. The van der Waals surface area contributed by atoms with E-state index in [2.05, 4.69) is 15.3 Å². The quantitative estimate of drug-likeness (QED) is 0.659. The molecule has 0 saturated carbocycles. The predicted molar refractivity (Wildman–Crippen MR) is 67.2 cm³/mol. The molecule has 2 aromatic rings. The molecule has 0 radical (unpaired) electrons. The fourth-order valence-corrected chi connectivity index (χ4v) is 1.53. The van der Waals surface area contributed by atoms with Gasteiger partial charge in [-0.1, -0.05) is 6.07 Å². The second-order valence-electron chi connectivity index (χ2n) is 3.73. The zero-order valence-electron chi connectivity index (χ0n) is 9.83. The van der Waals surface area contributed by atoms with Crippen LogP contribution in [-0.4, -0.2) is 14.9 Å². The van der Waals surface area contributed by atoms with Gasteiger partial charge >= 0.3 is 0 Å². The van der Waals surface area contributed by atoms with Gasteiger partial charge in [0.05, 0.1) is 17.2 Å². The molecule has 0 aliphatic rings. The number of nitrogens with one attached hydrogen (secondary N) is 1. The fourth-order valence-electron chi connectivity index (χ4n) is 1.53. The first-order chi connectivity index (χ1) is 8.66. The molecule has 18 heavy (non-hydrogen) atoms. The van der Waals surface area contributed by atoms with Gasteiger partial charge in [0.25, 0.3) is 5.69 Å². The number of hydrogen-bond donors (Lipinski definition) is 1. The number of aryl methyl sites for hydroxylation is 1. The van der Waals surface area contributed by atoms with Crippen LogP contribution >= 0.6 is 0 Å². The van der Waals surface area contributed by atoms with E-state index in [4.69, 9.17) is 0 Å². The van der Waals surface area contributed by atoms with Gasteiger partial charge in [0.15, 0.2) is 0 Å². The minimum atomic E-state index is -0.440. The van der Waals surface area contributed by atoms with E-state index in [1.54, 1.807) is 19.2 Å². The molecule has 92 valence electrons. The van der Waals surface area contributed by atoms with Crippen LogP contribution in [0.3, 0.4) is 0 Å². The summed E-state index contributed by atoms with van der Waals surface area (Å²) >= 11 is 0. The van der Waals surface area contributed by atoms with Gasteiger partial charge in [0.1, 0.15) is 11.5 Å². The third-order valence-corrected chi connectivity index (χ3v) is 2.43. The van der Waals surface area contributed by atoms with Crippen LogP contribution in [0.25, 0.3) is 0 Å². The van der Waals surface area contributed by atoms with Crippen LogP contribution < -0.4 is 5.32 Å². The Morgan fingerprint density at radius 2 is 2.17 bits per heavy atom. The first-order valence-corrected chi connectivity index (χ1v) is 5.42. The normalized spacial score (nSPS) is 10.1. The molecule has 2 aromatic heterocycles. The molecule has 0 aliphatic heterocycles. The van der Waals surface area contributed by atoms with Crippen molar-refractivity contribution in [3.8, 4) is 0 Å². The summed E-state index contributed by atoms with van der Waals surface area (Å²) in [5, 5.41) is 13.7. The lowest BCUT2D eigenvalue weighted by Crippen LogP contribution is -2.04. The summed E-state index contributed by atoms with van der Waals surface area (Å²) in [6.45, 7) is 2.15. The van der Waals surface area contributed by atoms with E-state index in [0.29, 0.717) is 18.1 Å². The number of nitrogens with zero attached hydrogens (tertiary/aromatic N) is 3. The van der Waals surface area contributed by atoms with Crippen LogP contribution in [-0.2, 0) is 6.54 Å². The van der Waals surface area contributed by atoms with Crippen molar-refractivity contribution in [1.82, 2.24) is 9.97 Å². The zero-order chi connectivity index (χ0) is 13.0. The van der Waals surface area contributed by atoms with Crippen molar-refractivity contribution in [2.45, 2.75) is 13.5 Å². The summed E-state index contributed by atoms with van der Waals surface area (Å²) in [7, 11) is 0. The lowest BCUT2D eigenvalue weighted by molar-refractivity contribution is -0.385. The first-order valence-electron chi connectivity index (χ1n) is 5.42. The van der Waals surface area contributed by atoms with Crippen LogP contribution in [0.5, 0.6) is 0 Å². The summed E-state index contributed by atoms with van der Waals surface area (Å²) in [5.74, 6) is 0.601. The molecule has 6 heteroatoms. The molecule has 0 spiro atoms. The van der Waals surface area contributed by atoms with E-state index in [0.717, 1.165) is 5.69 Å². The van der Waals surface area contributed by atoms with Crippen LogP contribution in [0.2, 0.25) is 0 Å². The van der Waals surface area contributed by atoms with Crippen molar-refractivity contribution in [3.05, 3.63) is 58.0 Å². The predicted octanol–water partition coefficient (Wildman–Crippen LogP) is 2.31. The van der Waals surface area contributed by atoms with Crippen molar-refractivity contribution in [2.75, 3.05) is 5.32 Å².